The predicted molar refractivity (Wildman–Crippen MR) is 278 cm³/mol. The molecular formula is C49H53Br2ClN14O4. The Labute approximate surface area is 426 Å². The second-order valence-corrected chi connectivity index (χ2v) is 18.1. The van der Waals surface area contributed by atoms with Crippen LogP contribution in [-0.2, 0) is 40.3 Å². The number of aliphatic hydroxyl groups excluding tert-OH is 1. The van der Waals surface area contributed by atoms with Crippen molar-refractivity contribution in [2.24, 2.45) is 5.73 Å². The number of halogens is 3. The highest BCUT2D eigenvalue weighted by Gasteiger charge is 2.37. The highest BCUT2D eigenvalue weighted by Crippen LogP contribution is 2.42. The average Bonchev–Trinajstić information content (AvgIpc) is 4.12. The molecule has 10 rings (SSSR count). The minimum atomic E-state index is -0.528. The van der Waals surface area contributed by atoms with Crippen molar-refractivity contribution in [1.29, 1.82) is 0 Å². The Kier molecular flexibility index (Phi) is 18.4. The van der Waals surface area contributed by atoms with Gasteiger partial charge in [-0.1, -0.05) is 57.8 Å². The molecule has 18 nitrogen and oxygen atoms in total. The lowest BCUT2D eigenvalue weighted by Crippen LogP contribution is -2.17. The first-order valence-corrected chi connectivity index (χ1v) is 24.7. The van der Waals surface area contributed by atoms with Crippen LogP contribution in [0.4, 0.5) is 17.3 Å². The predicted octanol–water partition coefficient (Wildman–Crippen LogP) is 8.08. The molecule has 6 aromatic heterocycles. The number of amides is 2. The van der Waals surface area contributed by atoms with Gasteiger partial charge in [-0.25, -0.2) is 9.97 Å². The van der Waals surface area contributed by atoms with Crippen LogP contribution < -0.4 is 21.7 Å². The summed E-state index contributed by atoms with van der Waals surface area (Å²) in [6.45, 7) is 7.58. The lowest BCUT2D eigenvalue weighted by molar-refractivity contribution is -0.117. The van der Waals surface area contributed by atoms with Gasteiger partial charge in [-0.2, -0.15) is 20.2 Å². The maximum Gasteiger partial charge on any atom is 0.238 e. The van der Waals surface area contributed by atoms with Crippen LogP contribution >= 0.6 is 43.5 Å². The van der Waals surface area contributed by atoms with Gasteiger partial charge in [0.25, 0.3) is 0 Å². The van der Waals surface area contributed by atoms with Crippen LogP contribution in [0.3, 0.4) is 0 Å². The van der Waals surface area contributed by atoms with E-state index >= 15 is 0 Å². The number of anilines is 3. The van der Waals surface area contributed by atoms with E-state index in [1.165, 1.54) is 0 Å². The molecule has 6 N–H and O–H groups in total. The SMILES string of the molecule is CCCn1cc2c(C3C(=O)Nc4ccc(Br)cc43)nc(Cl)nc2n1.CCCn1cc2c(C3C(=O)Nc4ccc(Br)cc43)nc(NCCc3ccccn3)nc2n1.COCCO.NCCc1ccccn1. The molecule has 0 spiro atoms. The third-order valence-corrected chi connectivity index (χ3v) is 12.0. The van der Waals surface area contributed by atoms with Gasteiger partial charge in [0.05, 0.1) is 35.4 Å². The van der Waals surface area contributed by atoms with Crippen molar-refractivity contribution in [3.05, 3.63) is 146 Å². The summed E-state index contributed by atoms with van der Waals surface area (Å²) in [4.78, 5) is 52.0. The number of aliphatic hydroxyl groups is 1. The highest BCUT2D eigenvalue weighted by atomic mass is 79.9. The Morgan fingerprint density at radius 2 is 1.27 bits per heavy atom. The number of aryl methyl sites for hydroxylation is 2. The fraction of sp³-hybridized carbons (Fsp3) is 0.306. The van der Waals surface area contributed by atoms with Crippen molar-refractivity contribution in [3.63, 3.8) is 0 Å². The Bertz CT molecular complexity index is 3030. The number of hydrogen-bond donors (Lipinski definition) is 5. The van der Waals surface area contributed by atoms with Gasteiger partial charge >= 0.3 is 0 Å². The largest absolute Gasteiger partial charge is 0.394 e. The van der Waals surface area contributed by atoms with E-state index in [4.69, 9.17) is 27.4 Å². The third-order valence-electron chi connectivity index (χ3n) is 10.8. The second-order valence-electron chi connectivity index (χ2n) is 16.0. The first-order valence-electron chi connectivity index (χ1n) is 22.7. The van der Waals surface area contributed by atoms with Gasteiger partial charge in [0.2, 0.25) is 23.0 Å². The lowest BCUT2D eigenvalue weighted by Gasteiger charge is -2.12. The summed E-state index contributed by atoms with van der Waals surface area (Å²) >= 11 is 13.1. The molecule has 70 heavy (non-hydrogen) atoms. The van der Waals surface area contributed by atoms with Crippen LogP contribution in [0.15, 0.2) is 107 Å². The summed E-state index contributed by atoms with van der Waals surface area (Å²) in [6, 6.07) is 23.2. The van der Waals surface area contributed by atoms with Crippen LogP contribution in [0, 0.1) is 0 Å². The molecule has 0 radical (unpaired) electrons. The van der Waals surface area contributed by atoms with E-state index in [2.05, 4.69) is 102 Å². The number of methoxy groups -OCH3 is 1. The van der Waals surface area contributed by atoms with Crippen LogP contribution in [-0.4, -0.2) is 99.8 Å². The smallest absolute Gasteiger partial charge is 0.238 e. The van der Waals surface area contributed by atoms with Gasteiger partial charge < -0.3 is 31.5 Å². The summed E-state index contributed by atoms with van der Waals surface area (Å²) in [6.07, 6.45) is 10.9. The maximum absolute atomic E-state index is 13.0. The fourth-order valence-electron chi connectivity index (χ4n) is 7.77. The topological polar surface area (TPSA) is 239 Å². The normalized spacial score (nSPS) is 14.3. The van der Waals surface area contributed by atoms with Crippen LogP contribution in [0.25, 0.3) is 22.1 Å². The van der Waals surface area contributed by atoms with Crippen molar-refractivity contribution in [2.75, 3.05) is 49.4 Å². The number of nitrogens with zero attached hydrogens (tertiary/aromatic N) is 10. The quantitative estimate of drug-likeness (QED) is 0.0648. The number of rotatable bonds is 14. The van der Waals surface area contributed by atoms with Crippen LogP contribution in [0.1, 0.15) is 72.4 Å². The molecule has 0 saturated carbocycles. The molecule has 2 atom stereocenters. The number of pyridine rings is 2. The summed E-state index contributed by atoms with van der Waals surface area (Å²) in [5.41, 5.74) is 13.1. The maximum atomic E-state index is 13.0. The first-order chi connectivity index (χ1) is 34.0. The zero-order valence-electron chi connectivity index (χ0n) is 38.8. The van der Waals surface area contributed by atoms with E-state index in [0.29, 0.717) is 48.3 Å². The molecule has 8 aromatic rings. The van der Waals surface area contributed by atoms with E-state index in [1.54, 1.807) is 19.5 Å². The van der Waals surface area contributed by atoms with Gasteiger partial charge in [0, 0.05) is 96.1 Å². The third kappa shape index (κ3) is 12.9. The van der Waals surface area contributed by atoms with Gasteiger partial charge in [-0.3, -0.25) is 28.9 Å². The molecule has 2 amide bonds. The van der Waals surface area contributed by atoms with Crippen molar-refractivity contribution in [2.45, 2.75) is 64.5 Å². The van der Waals surface area contributed by atoms with Gasteiger partial charge in [-0.05, 0) is 103 Å². The van der Waals surface area contributed by atoms with E-state index in [9.17, 15) is 9.59 Å². The molecule has 0 saturated heterocycles. The number of benzene rings is 2. The minimum absolute atomic E-state index is 0.0931. The van der Waals surface area contributed by atoms with Gasteiger partial charge in [0.1, 0.15) is 11.8 Å². The highest BCUT2D eigenvalue weighted by molar-refractivity contribution is 9.10. The van der Waals surface area contributed by atoms with Crippen LogP contribution in [0.5, 0.6) is 0 Å². The van der Waals surface area contributed by atoms with Crippen molar-refractivity contribution >= 4 is 94.7 Å². The molecule has 2 aliphatic heterocycles. The lowest BCUT2D eigenvalue weighted by atomic mass is 9.95. The molecule has 2 aliphatic rings. The summed E-state index contributed by atoms with van der Waals surface area (Å²) < 4.78 is 9.94. The zero-order valence-corrected chi connectivity index (χ0v) is 42.7. The Morgan fingerprint density at radius 3 is 1.74 bits per heavy atom. The average molecular weight is 1100 g/mol. The number of aromatic nitrogens is 10. The second kappa shape index (κ2) is 25.0. The van der Waals surface area contributed by atoms with Crippen molar-refractivity contribution in [3.8, 4) is 0 Å². The summed E-state index contributed by atoms with van der Waals surface area (Å²) in [5, 5.41) is 27.8. The monoisotopic (exact) mass is 1090 g/mol. The molecule has 0 aliphatic carbocycles. The van der Waals surface area contributed by atoms with Gasteiger partial charge in [-0.15, -0.1) is 0 Å². The number of carbonyl (C=O) groups is 2. The molecule has 2 unspecified atom stereocenters. The fourth-order valence-corrected chi connectivity index (χ4v) is 8.70. The van der Waals surface area contributed by atoms with E-state index in [0.717, 1.165) is 92.4 Å². The molecule has 21 heteroatoms. The molecular weight excluding hydrogens is 1040 g/mol. The van der Waals surface area contributed by atoms with Crippen LogP contribution in [0.2, 0.25) is 5.28 Å². The summed E-state index contributed by atoms with van der Waals surface area (Å²) in [7, 11) is 1.55. The van der Waals surface area contributed by atoms with E-state index < -0.39 is 11.8 Å². The molecule has 8 heterocycles. The molecule has 0 fully saturated rings. The molecule has 364 valence electrons. The molecule has 0 bridgehead atoms. The Hall–Kier alpha value is -6.29. The van der Waals surface area contributed by atoms with E-state index in [1.807, 2.05) is 94.6 Å². The Morgan fingerprint density at radius 1 is 0.743 bits per heavy atom. The standard InChI is InChI=1S/C23H22BrN7O.C16H13BrClN5O.C7H10N2.C3H8O2/c1-2-11-31-13-17-20(19-16-12-14(24)6-7-18(16)27-22(19)32)28-23(29-21(17)30-31)26-10-8-15-5-3-4-9-25-15;1-2-5-23-7-10-13(20-16(18)21-14(10)22-23)12-9-6-8(17)3-4-11(9)19-15(12)24;8-5-4-7-3-1-2-6-9-7;1-5-3-2-4/h3-7,9,12-13,19H,2,8,10-11H2,1H3,(H,27,32)(H,26,29,30);3-4,6-7,12H,2,5H2,1H3,(H,19,24);1-3,6H,4-5,8H2;4H,2-3H2,1H3. The summed E-state index contributed by atoms with van der Waals surface area (Å²) in [5.74, 6) is -0.812. The number of fused-ring (bicyclic) bond motifs is 4. The number of carbonyl (C=O) groups excluding carboxylic acids is 2. The number of hydrogen-bond acceptors (Lipinski definition) is 14. The van der Waals surface area contributed by atoms with Crippen molar-refractivity contribution in [1.82, 2.24) is 49.5 Å². The van der Waals surface area contributed by atoms with E-state index in [-0.39, 0.29) is 23.7 Å². The van der Waals surface area contributed by atoms with Crippen molar-refractivity contribution < 1.29 is 19.4 Å². The molecule has 2 aromatic carbocycles. The Balaban J connectivity index is 0.000000166. The number of ether oxygens (including phenoxy) is 1. The number of nitrogens with two attached hydrogens (primary N) is 1. The number of nitrogens with one attached hydrogen (secondary N) is 3. The zero-order chi connectivity index (χ0) is 49.6. The first kappa shape index (κ1) is 51.6. The van der Waals surface area contributed by atoms with Gasteiger partial charge in [0.15, 0.2) is 11.3 Å². The minimum Gasteiger partial charge on any atom is -0.394 e.